The molecule has 0 atom stereocenters. The minimum atomic E-state index is -0.244. The topological polar surface area (TPSA) is 43.9 Å². The zero-order valence-electron chi connectivity index (χ0n) is 15.0. The fourth-order valence-corrected chi connectivity index (χ4v) is 3.78. The third-order valence-electron chi connectivity index (χ3n) is 5.18. The molecule has 2 heterocycles. The van der Waals surface area contributed by atoms with Gasteiger partial charge in [-0.3, -0.25) is 14.5 Å². The molecule has 0 spiro atoms. The molecule has 134 valence electrons. The molecule has 0 radical (unpaired) electrons. The molecule has 0 saturated carbocycles. The van der Waals surface area contributed by atoms with Crippen LogP contribution in [0.15, 0.2) is 48.5 Å². The minimum Gasteiger partial charge on any atom is -0.369 e. The average molecular weight is 349 g/mol. The van der Waals surface area contributed by atoms with Crippen LogP contribution in [0.1, 0.15) is 34.1 Å². The fraction of sp³-hybridized carbons (Fsp3) is 0.333. The molecule has 4 rings (SSSR count). The molecular formula is C21H23N3O2. The van der Waals surface area contributed by atoms with Crippen LogP contribution in [-0.2, 0) is 0 Å². The molecule has 2 aromatic carbocycles. The first-order valence-electron chi connectivity index (χ1n) is 9.24. The first-order valence-corrected chi connectivity index (χ1v) is 9.24. The Hall–Kier alpha value is -2.66. The molecule has 5 heteroatoms. The quantitative estimate of drug-likeness (QED) is 0.796. The Balaban J connectivity index is 1.49. The van der Waals surface area contributed by atoms with Crippen molar-refractivity contribution in [3.8, 4) is 0 Å². The standard InChI is InChI=1S/C21H23N3O2/c1-2-11-22-12-14-23(15-13-22)16-7-9-17(10-8-16)24-20(25)18-5-3-4-6-19(18)21(24)26/h3-10H,2,11-15H2,1H3. The van der Waals surface area contributed by atoms with E-state index in [2.05, 4.69) is 16.7 Å². The van der Waals surface area contributed by atoms with Gasteiger partial charge >= 0.3 is 0 Å². The summed E-state index contributed by atoms with van der Waals surface area (Å²) in [6.45, 7) is 7.54. The molecule has 0 aliphatic carbocycles. The number of rotatable bonds is 4. The molecule has 2 aromatic rings. The van der Waals surface area contributed by atoms with Crippen molar-refractivity contribution in [2.24, 2.45) is 0 Å². The molecule has 1 saturated heterocycles. The molecule has 2 amide bonds. The summed E-state index contributed by atoms with van der Waals surface area (Å²) in [4.78, 5) is 31.3. The maximum atomic E-state index is 12.6. The highest BCUT2D eigenvalue weighted by atomic mass is 16.2. The van der Waals surface area contributed by atoms with Crippen LogP contribution in [0.2, 0.25) is 0 Å². The number of hydrogen-bond acceptors (Lipinski definition) is 4. The van der Waals surface area contributed by atoms with E-state index >= 15 is 0 Å². The number of carbonyl (C=O) groups is 2. The molecule has 0 aromatic heterocycles. The van der Waals surface area contributed by atoms with Crippen LogP contribution < -0.4 is 9.80 Å². The summed E-state index contributed by atoms with van der Waals surface area (Å²) in [6.07, 6.45) is 1.19. The van der Waals surface area contributed by atoms with Gasteiger partial charge in [0.2, 0.25) is 0 Å². The van der Waals surface area contributed by atoms with E-state index in [4.69, 9.17) is 0 Å². The van der Waals surface area contributed by atoms with E-state index in [9.17, 15) is 9.59 Å². The number of nitrogens with zero attached hydrogens (tertiary/aromatic N) is 3. The summed E-state index contributed by atoms with van der Waals surface area (Å²) in [5.41, 5.74) is 2.73. The largest absolute Gasteiger partial charge is 0.369 e. The molecule has 0 unspecified atom stereocenters. The van der Waals surface area contributed by atoms with Crippen LogP contribution in [0.5, 0.6) is 0 Å². The van der Waals surface area contributed by atoms with Gasteiger partial charge in [0.25, 0.3) is 11.8 Å². The summed E-state index contributed by atoms with van der Waals surface area (Å²) in [5, 5.41) is 0. The number of benzene rings is 2. The maximum absolute atomic E-state index is 12.6. The third kappa shape index (κ3) is 2.88. The summed E-state index contributed by atoms with van der Waals surface area (Å²) in [7, 11) is 0. The number of hydrogen-bond donors (Lipinski definition) is 0. The van der Waals surface area contributed by atoms with Gasteiger partial charge in [-0.2, -0.15) is 0 Å². The summed E-state index contributed by atoms with van der Waals surface area (Å²) >= 11 is 0. The van der Waals surface area contributed by atoms with Gasteiger partial charge in [0.1, 0.15) is 0 Å². The Labute approximate surface area is 153 Å². The van der Waals surface area contributed by atoms with E-state index < -0.39 is 0 Å². The van der Waals surface area contributed by atoms with Gasteiger partial charge in [-0.25, -0.2) is 4.90 Å². The Bertz CT molecular complexity index is 788. The van der Waals surface area contributed by atoms with Crippen molar-refractivity contribution in [3.05, 3.63) is 59.7 Å². The van der Waals surface area contributed by atoms with Gasteiger partial charge in [-0.15, -0.1) is 0 Å². The van der Waals surface area contributed by atoms with Crippen molar-refractivity contribution in [1.82, 2.24) is 4.90 Å². The van der Waals surface area contributed by atoms with Crippen molar-refractivity contribution in [2.45, 2.75) is 13.3 Å². The predicted octanol–water partition coefficient (Wildman–Crippen LogP) is 3.02. The highest BCUT2D eigenvalue weighted by Gasteiger charge is 2.36. The second kappa shape index (κ2) is 6.92. The average Bonchev–Trinajstić information content (AvgIpc) is 2.94. The first-order chi connectivity index (χ1) is 12.7. The van der Waals surface area contributed by atoms with Crippen LogP contribution in [-0.4, -0.2) is 49.4 Å². The summed E-state index contributed by atoms with van der Waals surface area (Å²) in [6, 6.07) is 14.7. The Morgan fingerprint density at radius 2 is 1.31 bits per heavy atom. The van der Waals surface area contributed by atoms with Crippen molar-refractivity contribution < 1.29 is 9.59 Å². The van der Waals surface area contributed by atoms with E-state index in [1.54, 1.807) is 24.3 Å². The molecule has 2 aliphatic heterocycles. The van der Waals surface area contributed by atoms with E-state index in [0.717, 1.165) is 38.4 Å². The van der Waals surface area contributed by atoms with Crippen molar-refractivity contribution >= 4 is 23.2 Å². The van der Waals surface area contributed by atoms with Crippen LogP contribution in [0.3, 0.4) is 0 Å². The number of anilines is 2. The van der Waals surface area contributed by atoms with Gasteiger partial charge in [0.15, 0.2) is 0 Å². The van der Waals surface area contributed by atoms with Crippen molar-refractivity contribution in [1.29, 1.82) is 0 Å². The molecule has 2 aliphatic rings. The van der Waals surface area contributed by atoms with Gasteiger partial charge in [0.05, 0.1) is 16.8 Å². The van der Waals surface area contributed by atoms with E-state index in [1.165, 1.54) is 11.3 Å². The summed E-state index contributed by atoms with van der Waals surface area (Å²) in [5.74, 6) is -0.488. The highest BCUT2D eigenvalue weighted by molar-refractivity contribution is 6.34. The van der Waals surface area contributed by atoms with E-state index in [-0.39, 0.29) is 11.8 Å². The molecule has 26 heavy (non-hydrogen) atoms. The predicted molar refractivity (Wildman–Crippen MR) is 103 cm³/mol. The van der Waals surface area contributed by atoms with Gasteiger partial charge < -0.3 is 4.90 Å². The molecular weight excluding hydrogens is 326 g/mol. The van der Waals surface area contributed by atoms with Crippen LogP contribution in [0.25, 0.3) is 0 Å². The second-order valence-corrected chi connectivity index (χ2v) is 6.84. The molecule has 1 fully saturated rings. The van der Waals surface area contributed by atoms with Crippen molar-refractivity contribution in [2.75, 3.05) is 42.5 Å². The SMILES string of the molecule is CCCN1CCN(c2ccc(N3C(=O)c4ccccc4C3=O)cc2)CC1. The number of piperazine rings is 1. The van der Waals surface area contributed by atoms with Crippen molar-refractivity contribution in [3.63, 3.8) is 0 Å². The van der Waals surface area contributed by atoms with Gasteiger partial charge in [-0.1, -0.05) is 19.1 Å². The monoisotopic (exact) mass is 349 g/mol. The maximum Gasteiger partial charge on any atom is 0.266 e. The van der Waals surface area contributed by atoms with Crippen LogP contribution in [0.4, 0.5) is 11.4 Å². The molecule has 0 N–H and O–H groups in total. The van der Waals surface area contributed by atoms with Gasteiger partial charge in [0, 0.05) is 31.9 Å². The summed E-state index contributed by atoms with van der Waals surface area (Å²) < 4.78 is 0. The van der Waals surface area contributed by atoms with Crippen LogP contribution >= 0.6 is 0 Å². The normalized spacial score (nSPS) is 17.7. The number of amides is 2. The lowest BCUT2D eigenvalue weighted by atomic mass is 10.1. The lowest BCUT2D eigenvalue weighted by Crippen LogP contribution is -2.46. The number of imide groups is 1. The highest BCUT2D eigenvalue weighted by Crippen LogP contribution is 2.29. The van der Waals surface area contributed by atoms with E-state index in [1.807, 2.05) is 24.3 Å². The van der Waals surface area contributed by atoms with E-state index in [0.29, 0.717) is 16.8 Å². The molecule has 0 bridgehead atoms. The Kier molecular flexibility index (Phi) is 4.47. The van der Waals surface area contributed by atoms with Crippen LogP contribution in [0, 0.1) is 0 Å². The number of carbonyl (C=O) groups excluding carboxylic acids is 2. The lowest BCUT2D eigenvalue weighted by molar-refractivity contribution is 0.0926. The number of fused-ring (bicyclic) bond motifs is 1. The zero-order valence-corrected chi connectivity index (χ0v) is 15.0. The first kappa shape index (κ1) is 16.8. The second-order valence-electron chi connectivity index (χ2n) is 6.84. The fourth-order valence-electron chi connectivity index (χ4n) is 3.78. The Morgan fingerprint density at radius 1 is 0.769 bits per heavy atom. The van der Waals surface area contributed by atoms with Gasteiger partial charge in [-0.05, 0) is 49.4 Å². The Morgan fingerprint density at radius 3 is 1.85 bits per heavy atom. The lowest BCUT2D eigenvalue weighted by Gasteiger charge is -2.36. The zero-order chi connectivity index (χ0) is 18.1. The molecule has 5 nitrogen and oxygen atoms in total. The smallest absolute Gasteiger partial charge is 0.266 e. The minimum absolute atomic E-state index is 0.244. The third-order valence-corrected chi connectivity index (χ3v) is 5.18.